The molecule has 3 saturated carbocycles. The Morgan fingerprint density at radius 1 is 1.10 bits per heavy atom. The van der Waals surface area contributed by atoms with E-state index in [2.05, 4.69) is 55.5 Å². The van der Waals surface area contributed by atoms with Gasteiger partial charge in [0.05, 0.1) is 0 Å². The molecule has 0 spiro atoms. The van der Waals surface area contributed by atoms with E-state index >= 15 is 0 Å². The largest absolute Gasteiger partial charge is 0.353 e. The number of nitrogens with zero attached hydrogens (tertiary/aromatic N) is 1. The van der Waals surface area contributed by atoms with Gasteiger partial charge in [-0.2, -0.15) is 0 Å². The monoisotopic (exact) mass is 406 g/mol. The van der Waals surface area contributed by atoms with Gasteiger partial charge < -0.3 is 5.32 Å². The smallest absolute Gasteiger partial charge is 0.217 e. The number of aromatic nitrogens is 1. The fourth-order valence-electron chi connectivity index (χ4n) is 8.73. The molecule has 0 radical (unpaired) electrons. The number of rotatable bonds is 2. The van der Waals surface area contributed by atoms with E-state index in [1.807, 2.05) is 6.20 Å². The predicted octanol–water partition coefficient (Wildman–Crippen LogP) is 5.87. The lowest BCUT2D eigenvalue weighted by molar-refractivity contribution is -0.129. The minimum atomic E-state index is 0.137. The first-order valence-corrected chi connectivity index (χ1v) is 12.2. The lowest BCUT2D eigenvalue weighted by Gasteiger charge is -2.62. The lowest BCUT2D eigenvalue weighted by atomic mass is 9.43. The summed E-state index contributed by atoms with van der Waals surface area (Å²) in [6.07, 6.45) is 15.6. The van der Waals surface area contributed by atoms with Gasteiger partial charge in [0.1, 0.15) is 0 Å². The van der Waals surface area contributed by atoms with Crippen LogP contribution in [-0.2, 0) is 4.79 Å². The van der Waals surface area contributed by atoms with Gasteiger partial charge >= 0.3 is 0 Å². The molecule has 162 valence electrons. The molecule has 8 atom stereocenters. The quantitative estimate of drug-likeness (QED) is 0.667. The number of amides is 1. The zero-order valence-corrected chi connectivity index (χ0v) is 19.2. The molecule has 5 rings (SSSR count). The highest BCUT2D eigenvalue weighted by atomic mass is 16.1. The van der Waals surface area contributed by atoms with Crippen molar-refractivity contribution in [1.29, 1.82) is 0 Å². The zero-order valence-electron chi connectivity index (χ0n) is 19.2. The van der Waals surface area contributed by atoms with Gasteiger partial charge in [0.15, 0.2) is 0 Å². The van der Waals surface area contributed by atoms with Crippen molar-refractivity contribution in [3.8, 4) is 0 Å². The molecule has 1 N–H and O–H groups in total. The summed E-state index contributed by atoms with van der Waals surface area (Å²) >= 11 is 0. The van der Waals surface area contributed by atoms with Crippen LogP contribution in [0, 0.1) is 40.4 Å². The second-order valence-corrected chi connectivity index (χ2v) is 11.3. The normalized spacial score (nSPS) is 45.0. The number of hydrogen-bond donors (Lipinski definition) is 1. The molecule has 0 bridgehead atoms. The van der Waals surface area contributed by atoms with Crippen LogP contribution in [0.1, 0.15) is 78.2 Å². The van der Waals surface area contributed by atoms with E-state index in [4.69, 9.17) is 0 Å². The van der Waals surface area contributed by atoms with Crippen LogP contribution in [0.4, 0.5) is 0 Å². The van der Waals surface area contributed by atoms with E-state index in [1.54, 1.807) is 12.5 Å². The van der Waals surface area contributed by atoms with Crippen molar-refractivity contribution in [3.63, 3.8) is 0 Å². The van der Waals surface area contributed by atoms with E-state index in [9.17, 15) is 4.79 Å². The van der Waals surface area contributed by atoms with Crippen molar-refractivity contribution >= 4 is 11.5 Å². The molecule has 3 unspecified atom stereocenters. The Morgan fingerprint density at radius 3 is 2.67 bits per heavy atom. The maximum absolute atomic E-state index is 11.7. The standard InChI is InChI=1S/C27H38N2O/c1-17-21-8-7-20-23-10-9-22(19-6-5-15-28-16-19)27(23,4)13-11-24(20)26(21,3)14-12-25(17)29-18(2)30/h5-6,9,15-17,20-21,23-25H,7-8,10-14H2,1-4H3,(H,29,30)/t17?,20-,21?,23-,24-,25?,26-,27+/m0/s1. The molecule has 3 nitrogen and oxygen atoms in total. The van der Waals surface area contributed by atoms with Gasteiger partial charge in [0, 0.05) is 25.4 Å². The highest BCUT2D eigenvalue weighted by Crippen LogP contribution is 2.68. The number of nitrogens with one attached hydrogen (secondary N) is 1. The highest BCUT2D eigenvalue weighted by molar-refractivity contribution is 5.73. The first-order valence-electron chi connectivity index (χ1n) is 12.2. The average Bonchev–Trinajstić information content (AvgIpc) is 3.08. The molecular formula is C27H38N2O. The lowest BCUT2D eigenvalue weighted by Crippen LogP contribution is -2.58. The molecule has 0 aromatic carbocycles. The van der Waals surface area contributed by atoms with E-state index in [-0.39, 0.29) is 5.91 Å². The van der Waals surface area contributed by atoms with Gasteiger partial charge in [-0.25, -0.2) is 0 Å². The first-order chi connectivity index (χ1) is 14.3. The van der Waals surface area contributed by atoms with Gasteiger partial charge in [-0.3, -0.25) is 9.78 Å². The van der Waals surface area contributed by atoms with Gasteiger partial charge in [0.25, 0.3) is 0 Å². The molecule has 0 saturated heterocycles. The second-order valence-electron chi connectivity index (χ2n) is 11.3. The molecular weight excluding hydrogens is 368 g/mol. The number of pyridine rings is 1. The van der Waals surface area contributed by atoms with Crippen molar-refractivity contribution < 1.29 is 4.79 Å². The molecule has 3 heteroatoms. The summed E-state index contributed by atoms with van der Waals surface area (Å²) in [5.74, 6) is 3.96. The molecule has 1 aromatic heterocycles. The van der Waals surface area contributed by atoms with Gasteiger partial charge in [-0.15, -0.1) is 0 Å². The number of fused-ring (bicyclic) bond motifs is 5. The Balaban J connectivity index is 1.39. The van der Waals surface area contributed by atoms with E-state index < -0.39 is 0 Å². The first kappa shape index (κ1) is 20.3. The van der Waals surface area contributed by atoms with Crippen molar-refractivity contribution in [2.24, 2.45) is 40.4 Å². The summed E-state index contributed by atoms with van der Waals surface area (Å²) in [7, 11) is 0. The average molecular weight is 407 g/mol. The third kappa shape index (κ3) is 2.91. The molecule has 0 aliphatic heterocycles. The Bertz CT molecular complexity index is 848. The number of carbonyl (C=O) groups excluding carboxylic acids is 1. The second kappa shape index (κ2) is 7.21. The fourth-order valence-corrected chi connectivity index (χ4v) is 8.73. The minimum Gasteiger partial charge on any atom is -0.353 e. The van der Waals surface area contributed by atoms with E-state index in [1.165, 1.54) is 44.1 Å². The predicted molar refractivity (Wildman–Crippen MR) is 121 cm³/mol. The molecule has 1 aromatic rings. The van der Waals surface area contributed by atoms with Gasteiger partial charge in [0.2, 0.25) is 5.91 Å². The maximum Gasteiger partial charge on any atom is 0.217 e. The van der Waals surface area contributed by atoms with Crippen LogP contribution >= 0.6 is 0 Å². The zero-order chi connectivity index (χ0) is 21.1. The topological polar surface area (TPSA) is 42.0 Å². The summed E-state index contributed by atoms with van der Waals surface area (Å²) in [5, 5.41) is 3.27. The Hall–Kier alpha value is -1.64. The van der Waals surface area contributed by atoms with Gasteiger partial charge in [-0.05, 0) is 103 Å². The molecule has 30 heavy (non-hydrogen) atoms. The van der Waals surface area contributed by atoms with Crippen LogP contribution in [0.25, 0.3) is 5.57 Å². The van der Waals surface area contributed by atoms with Crippen LogP contribution in [-0.4, -0.2) is 16.9 Å². The number of hydrogen-bond acceptors (Lipinski definition) is 2. The summed E-state index contributed by atoms with van der Waals surface area (Å²) in [6.45, 7) is 9.24. The fraction of sp³-hybridized carbons (Fsp3) is 0.704. The van der Waals surface area contributed by atoms with Crippen molar-refractivity contribution in [3.05, 3.63) is 36.2 Å². The number of allylic oxidation sites excluding steroid dienone is 2. The van der Waals surface area contributed by atoms with Crippen molar-refractivity contribution in [2.45, 2.75) is 78.7 Å². The SMILES string of the molecule is CC(=O)NC1CC[C@@]2(C)C(CC[C@@H]3[C@@H]2CC[C@]2(C)C(c4cccnc4)=CC[C@@H]32)C1C. The van der Waals surface area contributed by atoms with E-state index in [0.29, 0.717) is 22.8 Å². The summed E-state index contributed by atoms with van der Waals surface area (Å²) in [4.78, 5) is 16.1. The highest BCUT2D eigenvalue weighted by Gasteiger charge is 2.59. The summed E-state index contributed by atoms with van der Waals surface area (Å²) in [6, 6.07) is 4.71. The van der Waals surface area contributed by atoms with Crippen LogP contribution in [0.2, 0.25) is 0 Å². The third-order valence-electron chi connectivity index (χ3n) is 10.1. The van der Waals surface area contributed by atoms with Crippen LogP contribution in [0.3, 0.4) is 0 Å². The molecule has 1 heterocycles. The summed E-state index contributed by atoms with van der Waals surface area (Å²) < 4.78 is 0. The molecule has 3 fully saturated rings. The van der Waals surface area contributed by atoms with Crippen LogP contribution in [0.5, 0.6) is 0 Å². The molecule has 1 amide bonds. The van der Waals surface area contributed by atoms with E-state index in [0.717, 1.165) is 30.1 Å². The molecule has 4 aliphatic rings. The van der Waals surface area contributed by atoms with Crippen LogP contribution in [0.15, 0.2) is 30.6 Å². The summed E-state index contributed by atoms with van der Waals surface area (Å²) in [5.41, 5.74) is 3.65. The van der Waals surface area contributed by atoms with Gasteiger partial charge in [-0.1, -0.05) is 32.9 Å². The molecule has 4 aliphatic carbocycles. The minimum absolute atomic E-state index is 0.137. The third-order valence-corrected chi connectivity index (χ3v) is 10.1. The Labute approximate surface area is 182 Å². The van der Waals surface area contributed by atoms with Crippen LogP contribution < -0.4 is 5.32 Å². The Kier molecular flexibility index (Phi) is 4.87. The Morgan fingerprint density at radius 2 is 1.93 bits per heavy atom. The number of carbonyl (C=O) groups is 1. The maximum atomic E-state index is 11.7. The van der Waals surface area contributed by atoms with Crippen molar-refractivity contribution in [1.82, 2.24) is 10.3 Å². The van der Waals surface area contributed by atoms with Crippen molar-refractivity contribution in [2.75, 3.05) is 0 Å².